The van der Waals surface area contributed by atoms with Crippen molar-refractivity contribution in [2.45, 2.75) is 30.5 Å². The van der Waals surface area contributed by atoms with E-state index in [1.54, 1.807) is 0 Å². The summed E-state index contributed by atoms with van der Waals surface area (Å²) in [6, 6.07) is 8.78. The molecule has 0 saturated heterocycles. The highest BCUT2D eigenvalue weighted by Crippen LogP contribution is 2.22. The molecular formula is C15H21N3S. The quantitative estimate of drug-likeness (QED) is 0.621. The molecule has 4 heteroatoms. The molecule has 1 aromatic heterocycles. The number of hydrogen-bond donors (Lipinski definition) is 1. The minimum atomic E-state index is 0.914. The van der Waals surface area contributed by atoms with Crippen molar-refractivity contribution in [1.82, 2.24) is 14.9 Å². The van der Waals surface area contributed by atoms with Crippen LogP contribution in [0.3, 0.4) is 0 Å². The number of imidazole rings is 1. The number of rotatable bonds is 7. The zero-order valence-electron chi connectivity index (χ0n) is 11.6. The number of benzene rings is 1. The Hall–Kier alpha value is -1.26. The molecule has 0 aliphatic rings. The molecule has 1 N–H and O–H groups in total. The molecule has 0 radical (unpaired) electrons. The van der Waals surface area contributed by atoms with E-state index in [1.807, 2.05) is 31.2 Å². The lowest BCUT2D eigenvalue weighted by Gasteiger charge is -2.05. The number of nitrogens with zero attached hydrogens (tertiary/aromatic N) is 2. The average Bonchev–Trinajstić information content (AvgIpc) is 2.84. The SMILES string of the molecule is CCCNCc1ccc(SCc2nccn2C)cc1. The van der Waals surface area contributed by atoms with Crippen LogP contribution in [0.1, 0.15) is 24.7 Å². The first-order valence-corrected chi connectivity index (χ1v) is 7.67. The van der Waals surface area contributed by atoms with E-state index < -0.39 is 0 Å². The Morgan fingerprint density at radius 3 is 2.68 bits per heavy atom. The maximum absolute atomic E-state index is 4.33. The van der Waals surface area contributed by atoms with Crippen molar-refractivity contribution in [3.05, 3.63) is 48.0 Å². The van der Waals surface area contributed by atoms with Gasteiger partial charge in [-0.05, 0) is 30.7 Å². The van der Waals surface area contributed by atoms with Gasteiger partial charge in [-0.2, -0.15) is 0 Å². The van der Waals surface area contributed by atoms with Crippen LogP contribution in [0.2, 0.25) is 0 Å². The molecule has 0 saturated carbocycles. The van der Waals surface area contributed by atoms with E-state index in [4.69, 9.17) is 0 Å². The minimum absolute atomic E-state index is 0.914. The molecule has 19 heavy (non-hydrogen) atoms. The second-order valence-corrected chi connectivity index (χ2v) is 5.61. The molecule has 2 aromatic rings. The average molecular weight is 275 g/mol. The lowest BCUT2D eigenvalue weighted by atomic mass is 10.2. The summed E-state index contributed by atoms with van der Waals surface area (Å²) in [5.41, 5.74) is 1.34. The van der Waals surface area contributed by atoms with Crippen LogP contribution in [0.4, 0.5) is 0 Å². The van der Waals surface area contributed by atoms with E-state index >= 15 is 0 Å². The molecule has 1 heterocycles. The Bertz CT molecular complexity index is 490. The molecule has 3 nitrogen and oxygen atoms in total. The van der Waals surface area contributed by atoms with Crippen molar-refractivity contribution in [2.75, 3.05) is 6.54 Å². The normalized spacial score (nSPS) is 10.8. The third-order valence-electron chi connectivity index (χ3n) is 2.97. The first-order valence-electron chi connectivity index (χ1n) is 6.68. The molecular weight excluding hydrogens is 254 g/mol. The molecule has 1 aromatic carbocycles. The fraction of sp³-hybridized carbons (Fsp3) is 0.400. The third-order valence-corrected chi connectivity index (χ3v) is 3.98. The number of hydrogen-bond acceptors (Lipinski definition) is 3. The van der Waals surface area contributed by atoms with Crippen molar-refractivity contribution >= 4 is 11.8 Å². The van der Waals surface area contributed by atoms with Crippen LogP contribution in [-0.2, 0) is 19.3 Å². The van der Waals surface area contributed by atoms with Gasteiger partial charge in [-0.1, -0.05) is 19.1 Å². The van der Waals surface area contributed by atoms with Crippen molar-refractivity contribution in [3.8, 4) is 0 Å². The molecule has 0 aliphatic carbocycles. The molecule has 102 valence electrons. The van der Waals surface area contributed by atoms with Gasteiger partial charge in [0.2, 0.25) is 0 Å². The summed E-state index contributed by atoms with van der Waals surface area (Å²) in [6.45, 7) is 4.22. The van der Waals surface area contributed by atoms with E-state index in [0.29, 0.717) is 0 Å². The zero-order chi connectivity index (χ0) is 13.5. The van der Waals surface area contributed by atoms with Crippen LogP contribution < -0.4 is 5.32 Å². The van der Waals surface area contributed by atoms with Crippen LogP contribution in [-0.4, -0.2) is 16.1 Å². The predicted octanol–water partition coefficient (Wildman–Crippen LogP) is 3.21. The summed E-state index contributed by atoms with van der Waals surface area (Å²) < 4.78 is 2.07. The van der Waals surface area contributed by atoms with Crippen LogP contribution in [0.5, 0.6) is 0 Å². The first-order chi connectivity index (χ1) is 9.29. The summed E-state index contributed by atoms with van der Waals surface area (Å²) in [4.78, 5) is 5.62. The van der Waals surface area contributed by atoms with Gasteiger partial charge in [-0.15, -0.1) is 11.8 Å². The van der Waals surface area contributed by atoms with Crippen LogP contribution >= 0.6 is 11.8 Å². The largest absolute Gasteiger partial charge is 0.337 e. The molecule has 0 bridgehead atoms. The van der Waals surface area contributed by atoms with Gasteiger partial charge >= 0.3 is 0 Å². The van der Waals surface area contributed by atoms with Gasteiger partial charge in [0.1, 0.15) is 5.82 Å². The van der Waals surface area contributed by atoms with Gasteiger partial charge in [-0.25, -0.2) is 4.98 Å². The monoisotopic (exact) mass is 275 g/mol. The molecule has 0 amide bonds. The van der Waals surface area contributed by atoms with Gasteiger partial charge in [0, 0.05) is 30.9 Å². The van der Waals surface area contributed by atoms with E-state index in [1.165, 1.54) is 16.9 Å². The smallest absolute Gasteiger partial charge is 0.118 e. The van der Waals surface area contributed by atoms with Crippen LogP contribution in [0.25, 0.3) is 0 Å². The van der Waals surface area contributed by atoms with Crippen molar-refractivity contribution in [1.29, 1.82) is 0 Å². The molecule has 0 spiro atoms. The summed E-state index contributed by atoms with van der Waals surface area (Å²) in [6.07, 6.45) is 5.01. The molecule has 0 fully saturated rings. The van der Waals surface area contributed by atoms with Gasteiger partial charge in [0.15, 0.2) is 0 Å². The Kier molecular flexibility index (Phi) is 5.48. The van der Waals surface area contributed by atoms with Gasteiger partial charge in [-0.3, -0.25) is 0 Å². The van der Waals surface area contributed by atoms with E-state index in [-0.39, 0.29) is 0 Å². The van der Waals surface area contributed by atoms with Crippen LogP contribution in [0, 0.1) is 0 Å². The zero-order valence-corrected chi connectivity index (χ0v) is 12.4. The lowest BCUT2D eigenvalue weighted by Crippen LogP contribution is -2.13. The van der Waals surface area contributed by atoms with E-state index in [0.717, 1.165) is 24.7 Å². The minimum Gasteiger partial charge on any atom is -0.337 e. The summed E-state index contributed by atoms with van der Waals surface area (Å²) in [7, 11) is 2.03. The Morgan fingerprint density at radius 1 is 1.26 bits per heavy atom. The summed E-state index contributed by atoms with van der Waals surface area (Å²) in [5.74, 6) is 2.02. The second kappa shape index (κ2) is 7.36. The number of thioether (sulfide) groups is 1. The topological polar surface area (TPSA) is 29.9 Å². The van der Waals surface area contributed by atoms with Gasteiger partial charge in [0.25, 0.3) is 0 Å². The highest BCUT2D eigenvalue weighted by Gasteiger charge is 2.01. The fourth-order valence-electron chi connectivity index (χ4n) is 1.80. The predicted molar refractivity (Wildman–Crippen MR) is 81.2 cm³/mol. The van der Waals surface area contributed by atoms with Crippen LogP contribution in [0.15, 0.2) is 41.6 Å². The standard InChI is InChI=1S/C15H21N3S/c1-3-8-16-11-13-4-6-14(7-5-13)19-12-15-17-9-10-18(15)2/h4-7,9-10,16H,3,8,11-12H2,1-2H3. The molecule has 0 unspecified atom stereocenters. The maximum atomic E-state index is 4.33. The van der Waals surface area contributed by atoms with Crippen molar-refractivity contribution in [2.24, 2.45) is 7.05 Å². The Balaban J connectivity index is 1.83. The first kappa shape index (κ1) is 14.2. The summed E-state index contributed by atoms with van der Waals surface area (Å²) in [5, 5.41) is 3.41. The van der Waals surface area contributed by atoms with Crippen molar-refractivity contribution in [3.63, 3.8) is 0 Å². The molecule has 2 rings (SSSR count). The highest BCUT2D eigenvalue weighted by molar-refractivity contribution is 7.98. The lowest BCUT2D eigenvalue weighted by molar-refractivity contribution is 0.675. The number of aromatic nitrogens is 2. The fourth-order valence-corrected chi connectivity index (χ4v) is 2.70. The van der Waals surface area contributed by atoms with Crippen molar-refractivity contribution < 1.29 is 0 Å². The van der Waals surface area contributed by atoms with Gasteiger partial charge in [0.05, 0.1) is 5.75 Å². The third kappa shape index (κ3) is 4.40. The number of nitrogens with one attached hydrogen (secondary N) is 1. The van der Waals surface area contributed by atoms with E-state index in [2.05, 4.69) is 46.1 Å². The second-order valence-electron chi connectivity index (χ2n) is 4.56. The maximum Gasteiger partial charge on any atom is 0.118 e. The Morgan fingerprint density at radius 2 is 2.05 bits per heavy atom. The number of aryl methyl sites for hydroxylation is 1. The Labute approximate surface area is 119 Å². The summed E-state index contributed by atoms with van der Waals surface area (Å²) >= 11 is 1.83. The van der Waals surface area contributed by atoms with Gasteiger partial charge < -0.3 is 9.88 Å². The molecule has 0 aliphatic heterocycles. The highest BCUT2D eigenvalue weighted by atomic mass is 32.2. The molecule has 0 atom stereocenters. The van der Waals surface area contributed by atoms with E-state index in [9.17, 15) is 0 Å².